The van der Waals surface area contributed by atoms with E-state index in [-0.39, 0.29) is 0 Å². The van der Waals surface area contributed by atoms with E-state index in [2.05, 4.69) is 19.9 Å². The Morgan fingerprint density at radius 1 is 1.41 bits per heavy atom. The van der Waals surface area contributed by atoms with Crippen LogP contribution in [0.15, 0.2) is 11.7 Å². The van der Waals surface area contributed by atoms with Gasteiger partial charge in [0.05, 0.1) is 17.7 Å². The molecule has 0 atom stereocenters. The van der Waals surface area contributed by atoms with Gasteiger partial charge in [-0.2, -0.15) is 4.98 Å². The summed E-state index contributed by atoms with van der Waals surface area (Å²) >= 11 is 1.71. The molecule has 5 nitrogen and oxygen atoms in total. The zero-order chi connectivity index (χ0) is 11.8. The van der Waals surface area contributed by atoms with Gasteiger partial charge in [0, 0.05) is 29.6 Å². The van der Waals surface area contributed by atoms with E-state index >= 15 is 0 Å². The summed E-state index contributed by atoms with van der Waals surface area (Å²) in [6.07, 6.45) is 2.75. The van der Waals surface area contributed by atoms with Gasteiger partial charge in [-0.3, -0.25) is 0 Å². The Hall–Kier alpha value is -1.69. The van der Waals surface area contributed by atoms with Gasteiger partial charge >= 0.3 is 0 Å². The molecule has 0 fully saturated rings. The second-order valence-electron chi connectivity index (χ2n) is 4.13. The molecule has 0 radical (unpaired) electrons. The maximum Gasteiger partial charge on any atom is 0.221 e. The van der Waals surface area contributed by atoms with Crippen molar-refractivity contribution >= 4 is 23.1 Å². The fourth-order valence-corrected chi connectivity index (χ4v) is 2.89. The van der Waals surface area contributed by atoms with Gasteiger partial charge in [-0.25, -0.2) is 9.97 Å². The summed E-state index contributed by atoms with van der Waals surface area (Å²) in [7, 11) is 0. The molecule has 2 aromatic heterocycles. The third kappa shape index (κ3) is 1.84. The van der Waals surface area contributed by atoms with Crippen LogP contribution in [0.4, 0.5) is 11.8 Å². The SMILES string of the molecule is Cc1cnc(N)nc1N1CCc2ncsc2C1. The first-order valence-corrected chi connectivity index (χ1v) is 6.37. The van der Waals surface area contributed by atoms with Crippen molar-refractivity contribution in [1.29, 1.82) is 0 Å². The highest BCUT2D eigenvalue weighted by molar-refractivity contribution is 7.09. The van der Waals surface area contributed by atoms with E-state index in [0.29, 0.717) is 5.95 Å². The third-order valence-electron chi connectivity index (χ3n) is 2.94. The van der Waals surface area contributed by atoms with Crippen molar-refractivity contribution in [2.24, 2.45) is 0 Å². The van der Waals surface area contributed by atoms with Crippen LogP contribution in [0.2, 0.25) is 0 Å². The highest BCUT2D eigenvalue weighted by Gasteiger charge is 2.21. The number of nitrogen functional groups attached to an aromatic ring is 1. The lowest BCUT2D eigenvalue weighted by Gasteiger charge is -2.28. The van der Waals surface area contributed by atoms with Crippen molar-refractivity contribution in [2.45, 2.75) is 19.9 Å². The molecule has 0 spiro atoms. The van der Waals surface area contributed by atoms with E-state index in [4.69, 9.17) is 5.73 Å². The Kier molecular flexibility index (Phi) is 2.44. The van der Waals surface area contributed by atoms with E-state index in [1.807, 2.05) is 12.4 Å². The molecule has 2 aromatic rings. The molecular weight excluding hydrogens is 234 g/mol. The predicted octanol–water partition coefficient (Wildman–Crippen LogP) is 1.39. The number of aromatic nitrogens is 3. The van der Waals surface area contributed by atoms with E-state index < -0.39 is 0 Å². The highest BCUT2D eigenvalue weighted by Crippen LogP contribution is 2.26. The number of fused-ring (bicyclic) bond motifs is 1. The predicted molar refractivity (Wildman–Crippen MR) is 68.0 cm³/mol. The standard InChI is InChI=1S/C11H13N5S/c1-7-4-13-11(12)15-10(7)16-3-2-8-9(5-16)17-6-14-8/h4,6H,2-3,5H2,1H3,(H2,12,13,15). The van der Waals surface area contributed by atoms with Crippen molar-refractivity contribution in [3.05, 3.63) is 27.8 Å². The van der Waals surface area contributed by atoms with Gasteiger partial charge in [-0.05, 0) is 6.92 Å². The summed E-state index contributed by atoms with van der Waals surface area (Å²) in [6, 6.07) is 0. The maximum absolute atomic E-state index is 5.65. The second kappa shape index (κ2) is 3.96. The number of rotatable bonds is 1. The molecule has 0 amide bonds. The van der Waals surface area contributed by atoms with Gasteiger partial charge in [0.2, 0.25) is 5.95 Å². The molecule has 3 rings (SSSR count). The number of nitrogens with two attached hydrogens (primary N) is 1. The summed E-state index contributed by atoms with van der Waals surface area (Å²) in [5.74, 6) is 1.28. The van der Waals surface area contributed by atoms with Crippen molar-refractivity contribution in [2.75, 3.05) is 17.2 Å². The minimum atomic E-state index is 0.334. The Morgan fingerprint density at radius 3 is 3.18 bits per heavy atom. The molecule has 1 aliphatic heterocycles. The third-order valence-corrected chi connectivity index (χ3v) is 3.80. The summed E-state index contributed by atoms with van der Waals surface area (Å²) in [5, 5.41) is 0. The van der Waals surface area contributed by atoms with Crippen molar-refractivity contribution in [3.8, 4) is 0 Å². The van der Waals surface area contributed by atoms with Crippen molar-refractivity contribution in [3.63, 3.8) is 0 Å². The number of hydrogen-bond acceptors (Lipinski definition) is 6. The van der Waals surface area contributed by atoms with Crippen LogP contribution >= 0.6 is 11.3 Å². The van der Waals surface area contributed by atoms with E-state index in [1.165, 1.54) is 10.6 Å². The second-order valence-corrected chi connectivity index (χ2v) is 5.07. The maximum atomic E-state index is 5.65. The molecule has 2 N–H and O–H groups in total. The largest absolute Gasteiger partial charge is 0.368 e. The van der Waals surface area contributed by atoms with Gasteiger partial charge in [0.1, 0.15) is 5.82 Å². The minimum absolute atomic E-state index is 0.334. The Bertz CT molecular complexity index is 551. The molecule has 17 heavy (non-hydrogen) atoms. The Balaban J connectivity index is 1.94. The first-order chi connectivity index (χ1) is 8.24. The Labute approximate surface area is 103 Å². The smallest absolute Gasteiger partial charge is 0.221 e. The van der Waals surface area contributed by atoms with Crippen LogP contribution < -0.4 is 10.6 Å². The van der Waals surface area contributed by atoms with Crippen molar-refractivity contribution in [1.82, 2.24) is 15.0 Å². The van der Waals surface area contributed by atoms with E-state index in [0.717, 1.165) is 30.9 Å². The van der Waals surface area contributed by atoms with Gasteiger partial charge in [-0.15, -0.1) is 11.3 Å². The first-order valence-electron chi connectivity index (χ1n) is 5.49. The molecule has 0 aliphatic carbocycles. The molecule has 3 heterocycles. The number of nitrogens with zero attached hydrogens (tertiary/aromatic N) is 4. The quantitative estimate of drug-likeness (QED) is 0.824. The summed E-state index contributed by atoms with van der Waals surface area (Å²) in [6.45, 7) is 3.82. The summed E-state index contributed by atoms with van der Waals surface area (Å²) < 4.78 is 0. The molecule has 0 unspecified atom stereocenters. The lowest BCUT2D eigenvalue weighted by Crippen LogP contribution is -2.31. The monoisotopic (exact) mass is 247 g/mol. The number of thiazole rings is 1. The lowest BCUT2D eigenvalue weighted by atomic mass is 10.1. The normalized spacial score (nSPS) is 14.8. The zero-order valence-electron chi connectivity index (χ0n) is 9.55. The average molecular weight is 247 g/mol. The van der Waals surface area contributed by atoms with E-state index in [1.54, 1.807) is 17.5 Å². The number of anilines is 2. The fourth-order valence-electron chi connectivity index (χ4n) is 2.07. The molecule has 88 valence electrons. The molecular formula is C11H13N5S. The summed E-state index contributed by atoms with van der Waals surface area (Å²) in [4.78, 5) is 16.3. The molecule has 0 aromatic carbocycles. The van der Waals surface area contributed by atoms with Crippen molar-refractivity contribution < 1.29 is 0 Å². The Morgan fingerprint density at radius 2 is 2.29 bits per heavy atom. The average Bonchev–Trinajstić information content (AvgIpc) is 2.79. The number of aryl methyl sites for hydroxylation is 1. The first kappa shape index (κ1) is 10.5. The molecule has 0 saturated carbocycles. The minimum Gasteiger partial charge on any atom is -0.368 e. The van der Waals surface area contributed by atoms with Gasteiger partial charge in [-0.1, -0.05) is 0 Å². The molecule has 0 saturated heterocycles. The molecule has 1 aliphatic rings. The van der Waals surface area contributed by atoms with Gasteiger partial charge in [0.15, 0.2) is 0 Å². The molecule has 6 heteroatoms. The van der Waals surface area contributed by atoms with Gasteiger partial charge < -0.3 is 10.6 Å². The van der Waals surface area contributed by atoms with Crippen LogP contribution in [0.3, 0.4) is 0 Å². The zero-order valence-corrected chi connectivity index (χ0v) is 10.4. The summed E-state index contributed by atoms with van der Waals surface area (Å²) in [5.41, 5.74) is 9.85. The van der Waals surface area contributed by atoms with E-state index in [9.17, 15) is 0 Å². The topological polar surface area (TPSA) is 67.9 Å². The van der Waals surface area contributed by atoms with Crippen LogP contribution in [0, 0.1) is 6.92 Å². The fraction of sp³-hybridized carbons (Fsp3) is 0.364. The van der Waals surface area contributed by atoms with Gasteiger partial charge in [0.25, 0.3) is 0 Å². The van der Waals surface area contributed by atoms with Crippen LogP contribution in [0.1, 0.15) is 16.1 Å². The van der Waals surface area contributed by atoms with Crippen LogP contribution in [-0.2, 0) is 13.0 Å². The highest BCUT2D eigenvalue weighted by atomic mass is 32.1. The van der Waals surface area contributed by atoms with Crippen LogP contribution in [0.25, 0.3) is 0 Å². The molecule has 0 bridgehead atoms. The van der Waals surface area contributed by atoms with Crippen LogP contribution in [0.5, 0.6) is 0 Å². The van der Waals surface area contributed by atoms with Crippen LogP contribution in [-0.4, -0.2) is 21.5 Å². The number of hydrogen-bond donors (Lipinski definition) is 1. The lowest BCUT2D eigenvalue weighted by molar-refractivity contribution is 0.715.